The molecule has 1 N–H and O–H groups in total. The van der Waals surface area contributed by atoms with Gasteiger partial charge in [0, 0.05) is 39.3 Å². The highest BCUT2D eigenvalue weighted by molar-refractivity contribution is 14.0. The lowest BCUT2D eigenvalue weighted by atomic mass is 9.96. The lowest BCUT2D eigenvalue weighted by Gasteiger charge is -2.49. The van der Waals surface area contributed by atoms with Crippen LogP contribution in [-0.4, -0.2) is 92.0 Å². The molecule has 1 atom stereocenters. The Labute approximate surface area is 180 Å². The number of sulfonamides is 1. The number of aliphatic imine (C=N–C) groups is 1. The molecule has 0 aromatic heterocycles. The first kappa shape index (κ1) is 24.4. The molecule has 2 heterocycles. The van der Waals surface area contributed by atoms with E-state index in [1.54, 1.807) is 7.05 Å². The minimum absolute atomic E-state index is 0. The molecule has 1 amide bonds. The van der Waals surface area contributed by atoms with E-state index in [2.05, 4.69) is 24.2 Å². The van der Waals surface area contributed by atoms with Gasteiger partial charge in [0.1, 0.15) is 0 Å². The standard InChI is InChI=1S/C17H33N5O3S.HI/c1-13(2)22-15(23)11-20(12-17(22,3)4)16(18-5)19-9-14-7-8-21(10-14)26(6,24)25;/h13-14H,7-12H2,1-6H3,(H,18,19);1H. The van der Waals surface area contributed by atoms with Crippen LogP contribution in [0.3, 0.4) is 0 Å². The maximum Gasteiger partial charge on any atom is 0.242 e. The fourth-order valence-corrected chi connectivity index (χ4v) is 5.06. The van der Waals surface area contributed by atoms with E-state index < -0.39 is 10.0 Å². The number of guanidine groups is 1. The molecule has 0 spiro atoms. The highest BCUT2D eigenvalue weighted by atomic mass is 127. The van der Waals surface area contributed by atoms with Crippen LogP contribution in [0.5, 0.6) is 0 Å². The Bertz CT molecular complexity index is 665. The number of hydrogen-bond acceptors (Lipinski definition) is 4. The van der Waals surface area contributed by atoms with Crippen LogP contribution < -0.4 is 5.32 Å². The zero-order chi connectivity index (χ0) is 19.7. The maximum absolute atomic E-state index is 12.6. The van der Waals surface area contributed by atoms with E-state index in [4.69, 9.17) is 0 Å². The van der Waals surface area contributed by atoms with E-state index in [-0.39, 0.29) is 47.4 Å². The molecule has 10 heteroatoms. The number of nitrogens with one attached hydrogen (secondary N) is 1. The summed E-state index contributed by atoms with van der Waals surface area (Å²) in [5, 5.41) is 3.34. The quantitative estimate of drug-likeness (QED) is 0.340. The fourth-order valence-electron chi connectivity index (χ4n) is 4.15. The predicted octanol–water partition coefficient (Wildman–Crippen LogP) is 0.793. The summed E-state index contributed by atoms with van der Waals surface area (Å²) in [6.45, 7) is 11.0. The molecule has 2 aliphatic heterocycles. The van der Waals surface area contributed by atoms with Gasteiger partial charge < -0.3 is 15.1 Å². The van der Waals surface area contributed by atoms with E-state index in [9.17, 15) is 13.2 Å². The van der Waals surface area contributed by atoms with Crippen LogP contribution in [0, 0.1) is 5.92 Å². The zero-order valence-electron chi connectivity index (χ0n) is 17.2. The second-order valence-electron chi connectivity index (χ2n) is 8.23. The summed E-state index contributed by atoms with van der Waals surface area (Å²) in [6.07, 6.45) is 2.09. The van der Waals surface area contributed by atoms with Crippen molar-refractivity contribution in [2.75, 3.05) is 46.0 Å². The second-order valence-corrected chi connectivity index (χ2v) is 10.2. The van der Waals surface area contributed by atoms with Crippen molar-refractivity contribution in [2.45, 2.75) is 45.7 Å². The van der Waals surface area contributed by atoms with Crippen LogP contribution in [0.1, 0.15) is 34.1 Å². The second kappa shape index (κ2) is 9.25. The Morgan fingerprint density at radius 3 is 2.44 bits per heavy atom. The van der Waals surface area contributed by atoms with Gasteiger partial charge in [0.05, 0.1) is 18.3 Å². The Morgan fingerprint density at radius 1 is 1.37 bits per heavy atom. The molecule has 27 heavy (non-hydrogen) atoms. The minimum Gasteiger partial charge on any atom is -0.356 e. The molecule has 8 nitrogen and oxygen atoms in total. The van der Waals surface area contributed by atoms with Crippen molar-refractivity contribution in [2.24, 2.45) is 10.9 Å². The van der Waals surface area contributed by atoms with Crippen LogP contribution in [0.15, 0.2) is 4.99 Å². The van der Waals surface area contributed by atoms with E-state index >= 15 is 0 Å². The Hall–Kier alpha value is -0.620. The average Bonchev–Trinajstić information content (AvgIpc) is 2.94. The largest absolute Gasteiger partial charge is 0.356 e. The van der Waals surface area contributed by atoms with Crippen molar-refractivity contribution in [1.29, 1.82) is 0 Å². The van der Waals surface area contributed by atoms with Gasteiger partial charge in [0.2, 0.25) is 15.9 Å². The normalized spacial score (nSPS) is 24.3. The highest BCUT2D eigenvalue weighted by Crippen LogP contribution is 2.24. The molecule has 0 aromatic carbocycles. The van der Waals surface area contributed by atoms with Gasteiger partial charge in [-0.05, 0) is 40.0 Å². The number of carbonyl (C=O) groups excluding carboxylic acids is 1. The van der Waals surface area contributed by atoms with Crippen LogP contribution in [-0.2, 0) is 14.8 Å². The molecule has 2 saturated heterocycles. The number of rotatable bonds is 4. The summed E-state index contributed by atoms with van der Waals surface area (Å²) in [5.74, 6) is 1.05. The summed E-state index contributed by atoms with van der Waals surface area (Å²) < 4.78 is 24.8. The molecule has 2 fully saturated rings. The number of halogens is 1. The Kier molecular flexibility index (Phi) is 8.37. The third-order valence-electron chi connectivity index (χ3n) is 5.12. The average molecular weight is 515 g/mol. The van der Waals surface area contributed by atoms with E-state index in [1.165, 1.54) is 10.6 Å². The van der Waals surface area contributed by atoms with Gasteiger partial charge in [-0.25, -0.2) is 12.7 Å². The van der Waals surface area contributed by atoms with Gasteiger partial charge in [-0.1, -0.05) is 0 Å². The number of hydrogen-bond donors (Lipinski definition) is 1. The van der Waals surface area contributed by atoms with Crippen molar-refractivity contribution >= 4 is 45.9 Å². The van der Waals surface area contributed by atoms with Crippen LogP contribution >= 0.6 is 24.0 Å². The minimum atomic E-state index is -3.12. The molecule has 2 rings (SSSR count). The van der Waals surface area contributed by atoms with Gasteiger partial charge in [-0.3, -0.25) is 9.79 Å². The first-order valence-corrected chi connectivity index (χ1v) is 11.0. The predicted molar refractivity (Wildman–Crippen MR) is 119 cm³/mol. The van der Waals surface area contributed by atoms with Crippen LogP contribution in [0.25, 0.3) is 0 Å². The molecule has 0 saturated carbocycles. The van der Waals surface area contributed by atoms with Crippen molar-refractivity contribution in [3.05, 3.63) is 0 Å². The summed E-state index contributed by atoms with van der Waals surface area (Å²) in [5.41, 5.74) is -0.276. The molecule has 0 aliphatic carbocycles. The molecule has 1 unspecified atom stereocenters. The first-order chi connectivity index (χ1) is 12.0. The number of nitrogens with zero attached hydrogens (tertiary/aromatic N) is 4. The molecule has 0 aromatic rings. The first-order valence-electron chi connectivity index (χ1n) is 9.18. The number of piperazine rings is 1. The van der Waals surface area contributed by atoms with E-state index in [1.807, 2.05) is 23.6 Å². The van der Waals surface area contributed by atoms with Crippen molar-refractivity contribution < 1.29 is 13.2 Å². The smallest absolute Gasteiger partial charge is 0.242 e. The zero-order valence-corrected chi connectivity index (χ0v) is 20.4. The van der Waals surface area contributed by atoms with Gasteiger partial charge in [0.25, 0.3) is 0 Å². The third kappa shape index (κ3) is 5.93. The van der Waals surface area contributed by atoms with Gasteiger partial charge in [0.15, 0.2) is 5.96 Å². The summed E-state index contributed by atoms with van der Waals surface area (Å²) in [4.78, 5) is 20.9. The summed E-state index contributed by atoms with van der Waals surface area (Å²) >= 11 is 0. The molecule has 2 aliphatic rings. The highest BCUT2D eigenvalue weighted by Gasteiger charge is 2.41. The molecule has 0 radical (unpaired) electrons. The molecule has 0 bridgehead atoms. The van der Waals surface area contributed by atoms with Crippen LogP contribution in [0.2, 0.25) is 0 Å². The van der Waals surface area contributed by atoms with Crippen LogP contribution in [0.4, 0.5) is 0 Å². The van der Waals surface area contributed by atoms with Gasteiger partial charge >= 0.3 is 0 Å². The molecule has 158 valence electrons. The molecular weight excluding hydrogens is 481 g/mol. The van der Waals surface area contributed by atoms with E-state index in [0.717, 1.165) is 6.42 Å². The third-order valence-corrected chi connectivity index (χ3v) is 6.39. The lowest BCUT2D eigenvalue weighted by molar-refractivity contribution is -0.145. The Morgan fingerprint density at radius 2 is 2.00 bits per heavy atom. The topological polar surface area (TPSA) is 85.3 Å². The van der Waals surface area contributed by atoms with Gasteiger partial charge in [-0.2, -0.15) is 0 Å². The summed E-state index contributed by atoms with van der Waals surface area (Å²) in [7, 11) is -1.41. The Balaban J connectivity index is 0.00000364. The molecular formula is C17H34IN5O3S. The van der Waals surface area contributed by atoms with Crippen molar-refractivity contribution in [3.63, 3.8) is 0 Å². The lowest BCUT2D eigenvalue weighted by Crippen LogP contribution is -2.66. The van der Waals surface area contributed by atoms with E-state index in [0.29, 0.717) is 38.7 Å². The van der Waals surface area contributed by atoms with Crippen molar-refractivity contribution in [1.82, 2.24) is 19.4 Å². The monoisotopic (exact) mass is 515 g/mol. The van der Waals surface area contributed by atoms with Crippen molar-refractivity contribution in [3.8, 4) is 0 Å². The fraction of sp³-hybridized carbons (Fsp3) is 0.882. The number of amides is 1. The summed E-state index contributed by atoms with van der Waals surface area (Å²) in [6, 6.07) is 0.162. The maximum atomic E-state index is 12.6. The SMILES string of the molecule is CN=C(NCC1CCN(S(C)(=O)=O)C1)N1CC(=O)N(C(C)C)C(C)(C)C1.I. The van der Waals surface area contributed by atoms with Gasteiger partial charge in [-0.15, -0.1) is 24.0 Å². The number of carbonyl (C=O) groups is 1.